The molecule has 17 heavy (non-hydrogen) atoms. The topological polar surface area (TPSA) is 26.0 Å². The van der Waals surface area contributed by atoms with Gasteiger partial charge in [0.05, 0.1) is 6.04 Å². The molecule has 1 rings (SSSR count). The summed E-state index contributed by atoms with van der Waals surface area (Å²) in [6.45, 7) is 9.05. The molecule has 0 radical (unpaired) electrons. The van der Waals surface area contributed by atoms with E-state index < -0.39 is 12.0 Å². The van der Waals surface area contributed by atoms with E-state index in [1.165, 1.54) is 6.92 Å². The SMILES string of the molecule is Cc1ccc(C(C)(C)C)cc1C(F)(F)C(C)N. The number of benzene rings is 1. The van der Waals surface area contributed by atoms with Crippen molar-refractivity contribution in [1.82, 2.24) is 0 Å². The summed E-state index contributed by atoms with van der Waals surface area (Å²) in [5.41, 5.74) is 6.76. The second kappa shape index (κ2) is 4.37. The lowest BCUT2D eigenvalue weighted by Crippen LogP contribution is -2.36. The fourth-order valence-electron chi connectivity index (χ4n) is 1.69. The number of hydrogen-bond acceptors (Lipinski definition) is 1. The standard InChI is InChI=1S/C14H21F2N/c1-9-6-7-11(13(3,4)5)8-12(9)14(15,16)10(2)17/h6-8,10H,17H2,1-5H3. The first-order chi connectivity index (χ1) is 7.56. The van der Waals surface area contributed by atoms with Gasteiger partial charge in [0.2, 0.25) is 0 Å². The molecule has 2 N–H and O–H groups in total. The molecule has 0 saturated heterocycles. The molecule has 0 saturated carbocycles. The zero-order valence-corrected chi connectivity index (χ0v) is 11.1. The van der Waals surface area contributed by atoms with Gasteiger partial charge in [-0.1, -0.05) is 32.9 Å². The highest BCUT2D eigenvalue weighted by Gasteiger charge is 2.38. The third-order valence-electron chi connectivity index (χ3n) is 3.03. The summed E-state index contributed by atoms with van der Waals surface area (Å²) in [5, 5.41) is 0. The average Bonchev–Trinajstić information content (AvgIpc) is 2.15. The summed E-state index contributed by atoms with van der Waals surface area (Å²) in [6.07, 6.45) is 0. The minimum absolute atomic E-state index is 0.0416. The van der Waals surface area contributed by atoms with Crippen LogP contribution in [0.5, 0.6) is 0 Å². The summed E-state index contributed by atoms with van der Waals surface area (Å²) in [5.74, 6) is -2.98. The number of hydrogen-bond donors (Lipinski definition) is 1. The van der Waals surface area contributed by atoms with E-state index in [4.69, 9.17) is 5.73 Å². The number of rotatable bonds is 2. The second-order valence-electron chi connectivity index (χ2n) is 5.69. The molecule has 1 atom stereocenters. The third-order valence-corrected chi connectivity index (χ3v) is 3.03. The Morgan fingerprint density at radius 1 is 1.18 bits per heavy atom. The van der Waals surface area contributed by atoms with E-state index in [0.29, 0.717) is 5.56 Å². The van der Waals surface area contributed by atoms with Gasteiger partial charge in [0.15, 0.2) is 0 Å². The smallest absolute Gasteiger partial charge is 0.287 e. The normalized spacial score (nSPS) is 14.8. The van der Waals surface area contributed by atoms with Crippen LogP contribution in [0.3, 0.4) is 0 Å². The Bertz CT molecular complexity index is 403. The Labute approximate surface area is 102 Å². The molecule has 3 heteroatoms. The number of aryl methyl sites for hydroxylation is 1. The van der Waals surface area contributed by atoms with Crippen molar-refractivity contribution >= 4 is 0 Å². The number of nitrogens with two attached hydrogens (primary N) is 1. The van der Waals surface area contributed by atoms with Crippen molar-refractivity contribution in [3.8, 4) is 0 Å². The van der Waals surface area contributed by atoms with E-state index in [1.54, 1.807) is 19.1 Å². The molecule has 0 amide bonds. The molecule has 0 aliphatic heterocycles. The minimum Gasteiger partial charge on any atom is -0.323 e. The Morgan fingerprint density at radius 2 is 1.71 bits per heavy atom. The van der Waals surface area contributed by atoms with Gasteiger partial charge in [-0.25, -0.2) is 0 Å². The molecule has 0 spiro atoms. The zero-order chi connectivity index (χ0) is 13.4. The van der Waals surface area contributed by atoms with E-state index in [0.717, 1.165) is 5.56 Å². The van der Waals surface area contributed by atoms with Crippen LogP contribution in [0.1, 0.15) is 44.4 Å². The summed E-state index contributed by atoms with van der Waals surface area (Å²) >= 11 is 0. The molecule has 0 heterocycles. The van der Waals surface area contributed by atoms with E-state index in [9.17, 15) is 8.78 Å². The summed E-state index contributed by atoms with van der Waals surface area (Å²) in [7, 11) is 0. The summed E-state index contributed by atoms with van der Waals surface area (Å²) < 4.78 is 28.0. The van der Waals surface area contributed by atoms with Crippen LogP contribution in [-0.2, 0) is 11.3 Å². The molecule has 0 bridgehead atoms. The second-order valence-corrected chi connectivity index (χ2v) is 5.69. The highest BCUT2D eigenvalue weighted by atomic mass is 19.3. The van der Waals surface area contributed by atoms with Gasteiger partial charge in [0.25, 0.3) is 5.92 Å². The van der Waals surface area contributed by atoms with Gasteiger partial charge in [-0.15, -0.1) is 0 Å². The highest BCUT2D eigenvalue weighted by Crippen LogP contribution is 2.35. The van der Waals surface area contributed by atoms with Crippen molar-refractivity contribution in [3.05, 3.63) is 34.9 Å². The first-order valence-corrected chi connectivity index (χ1v) is 5.82. The molecule has 0 aromatic heterocycles. The van der Waals surface area contributed by atoms with E-state index >= 15 is 0 Å². The zero-order valence-electron chi connectivity index (χ0n) is 11.1. The number of alkyl halides is 2. The molecule has 0 aliphatic rings. The van der Waals surface area contributed by atoms with Gasteiger partial charge in [0, 0.05) is 5.56 Å². The van der Waals surface area contributed by atoms with E-state index in [2.05, 4.69) is 0 Å². The lowest BCUT2D eigenvalue weighted by molar-refractivity contribution is -0.0263. The van der Waals surface area contributed by atoms with Crippen molar-refractivity contribution in [2.75, 3.05) is 0 Å². The predicted molar refractivity (Wildman–Crippen MR) is 67.4 cm³/mol. The van der Waals surface area contributed by atoms with Gasteiger partial charge in [-0.2, -0.15) is 8.78 Å². The van der Waals surface area contributed by atoms with Gasteiger partial charge in [-0.3, -0.25) is 0 Å². The van der Waals surface area contributed by atoms with Crippen molar-refractivity contribution in [1.29, 1.82) is 0 Å². The van der Waals surface area contributed by atoms with Crippen LogP contribution in [0.4, 0.5) is 8.78 Å². The van der Waals surface area contributed by atoms with Crippen molar-refractivity contribution in [2.45, 2.75) is 52.0 Å². The van der Waals surface area contributed by atoms with Crippen molar-refractivity contribution in [3.63, 3.8) is 0 Å². The molecule has 1 aromatic rings. The van der Waals surface area contributed by atoms with Crippen molar-refractivity contribution < 1.29 is 8.78 Å². The van der Waals surface area contributed by atoms with Gasteiger partial charge in [0.1, 0.15) is 0 Å². The van der Waals surface area contributed by atoms with Crippen LogP contribution in [0.25, 0.3) is 0 Å². The highest BCUT2D eigenvalue weighted by molar-refractivity contribution is 5.37. The molecule has 1 unspecified atom stereocenters. The van der Waals surface area contributed by atoms with Crippen LogP contribution < -0.4 is 5.73 Å². The lowest BCUT2D eigenvalue weighted by atomic mass is 9.84. The van der Waals surface area contributed by atoms with Crippen LogP contribution in [0, 0.1) is 6.92 Å². The van der Waals surface area contributed by atoms with E-state index in [1.807, 2.05) is 26.8 Å². The molecule has 96 valence electrons. The molecule has 0 aliphatic carbocycles. The Kier molecular flexibility index (Phi) is 3.63. The van der Waals surface area contributed by atoms with Gasteiger partial charge in [-0.05, 0) is 36.5 Å². The largest absolute Gasteiger partial charge is 0.323 e. The Morgan fingerprint density at radius 3 is 2.12 bits per heavy atom. The Hall–Kier alpha value is -0.960. The third kappa shape index (κ3) is 2.83. The minimum atomic E-state index is -2.98. The molecule has 1 nitrogen and oxygen atoms in total. The Balaban J connectivity index is 3.34. The number of halogens is 2. The summed E-state index contributed by atoms with van der Waals surface area (Å²) in [4.78, 5) is 0. The quantitative estimate of drug-likeness (QED) is 0.838. The van der Waals surface area contributed by atoms with E-state index in [-0.39, 0.29) is 11.0 Å². The van der Waals surface area contributed by atoms with Crippen LogP contribution in [0.15, 0.2) is 18.2 Å². The first-order valence-electron chi connectivity index (χ1n) is 5.82. The first kappa shape index (κ1) is 14.1. The van der Waals surface area contributed by atoms with Crippen LogP contribution in [0.2, 0.25) is 0 Å². The van der Waals surface area contributed by atoms with Gasteiger partial charge < -0.3 is 5.73 Å². The summed E-state index contributed by atoms with van der Waals surface area (Å²) in [6, 6.07) is 4.04. The van der Waals surface area contributed by atoms with Crippen molar-refractivity contribution in [2.24, 2.45) is 5.73 Å². The molecule has 1 aromatic carbocycles. The average molecular weight is 241 g/mol. The van der Waals surface area contributed by atoms with Crippen LogP contribution in [-0.4, -0.2) is 6.04 Å². The fourth-order valence-corrected chi connectivity index (χ4v) is 1.69. The maximum atomic E-state index is 14.0. The lowest BCUT2D eigenvalue weighted by Gasteiger charge is -2.26. The molecule has 0 fully saturated rings. The molecular formula is C14H21F2N. The van der Waals surface area contributed by atoms with Crippen LogP contribution >= 0.6 is 0 Å². The monoisotopic (exact) mass is 241 g/mol. The maximum Gasteiger partial charge on any atom is 0.287 e. The maximum absolute atomic E-state index is 14.0. The van der Waals surface area contributed by atoms with Gasteiger partial charge >= 0.3 is 0 Å². The molecular weight excluding hydrogens is 220 g/mol. The fraction of sp³-hybridized carbons (Fsp3) is 0.571. The predicted octanol–water partition coefficient (Wildman–Crippen LogP) is 3.73.